The van der Waals surface area contributed by atoms with Gasteiger partial charge in [-0.25, -0.2) is 0 Å². The summed E-state index contributed by atoms with van der Waals surface area (Å²) in [5, 5.41) is 9.52. The Kier molecular flexibility index (Phi) is 3.90. The van der Waals surface area contributed by atoms with Gasteiger partial charge in [0.25, 0.3) is 5.91 Å². The van der Waals surface area contributed by atoms with Gasteiger partial charge in [0.2, 0.25) is 0 Å². The molecule has 0 saturated heterocycles. The number of thiophene rings is 1. The molecule has 4 heteroatoms. The largest absolute Gasteiger partial charge is 0.508 e. The second-order valence-corrected chi connectivity index (χ2v) is 5.68. The lowest BCUT2D eigenvalue weighted by Gasteiger charge is -2.20. The van der Waals surface area contributed by atoms with Crippen LogP contribution >= 0.6 is 11.3 Å². The summed E-state index contributed by atoms with van der Waals surface area (Å²) in [5.74, 6) is 0.150. The van der Waals surface area contributed by atoms with Crippen LogP contribution in [0.1, 0.15) is 27.0 Å². The monoisotopic (exact) mass is 275 g/mol. The summed E-state index contributed by atoms with van der Waals surface area (Å²) in [6.45, 7) is 6.52. The summed E-state index contributed by atoms with van der Waals surface area (Å²) in [6, 6.07) is 8.70. The van der Waals surface area contributed by atoms with Gasteiger partial charge in [0, 0.05) is 23.2 Å². The van der Waals surface area contributed by atoms with Crippen molar-refractivity contribution < 1.29 is 9.90 Å². The van der Waals surface area contributed by atoms with E-state index in [1.165, 1.54) is 11.3 Å². The van der Waals surface area contributed by atoms with Gasteiger partial charge in [-0.2, -0.15) is 0 Å². The van der Waals surface area contributed by atoms with Gasteiger partial charge in [-0.15, -0.1) is 11.3 Å². The van der Waals surface area contributed by atoms with Crippen LogP contribution < -0.4 is 4.90 Å². The van der Waals surface area contributed by atoms with E-state index in [2.05, 4.69) is 0 Å². The van der Waals surface area contributed by atoms with Gasteiger partial charge in [0.1, 0.15) is 5.75 Å². The second-order valence-electron chi connectivity index (χ2n) is 4.42. The molecule has 0 spiro atoms. The minimum Gasteiger partial charge on any atom is -0.508 e. The fraction of sp³-hybridized carbons (Fsp3) is 0.267. The van der Waals surface area contributed by atoms with Gasteiger partial charge in [-0.1, -0.05) is 6.07 Å². The van der Waals surface area contributed by atoms with Crippen molar-refractivity contribution in [2.45, 2.75) is 20.8 Å². The molecule has 0 radical (unpaired) electrons. The molecule has 0 aliphatic carbocycles. The van der Waals surface area contributed by atoms with Crippen LogP contribution in [0, 0.1) is 13.8 Å². The highest BCUT2D eigenvalue weighted by atomic mass is 32.1. The van der Waals surface area contributed by atoms with Crippen molar-refractivity contribution in [1.82, 2.24) is 0 Å². The maximum Gasteiger partial charge on any atom is 0.268 e. The normalized spacial score (nSPS) is 10.5. The van der Waals surface area contributed by atoms with E-state index in [1.807, 2.05) is 32.9 Å². The lowest BCUT2D eigenvalue weighted by Crippen LogP contribution is -2.29. The summed E-state index contributed by atoms with van der Waals surface area (Å²) in [6.07, 6.45) is 0. The van der Waals surface area contributed by atoms with Crippen molar-refractivity contribution in [2.75, 3.05) is 11.4 Å². The zero-order valence-corrected chi connectivity index (χ0v) is 12.1. The molecule has 2 aromatic rings. The van der Waals surface area contributed by atoms with E-state index in [1.54, 1.807) is 23.1 Å². The van der Waals surface area contributed by atoms with Crippen LogP contribution in [0.3, 0.4) is 0 Å². The van der Waals surface area contributed by atoms with Crippen LogP contribution in [0.2, 0.25) is 0 Å². The molecule has 0 aliphatic heterocycles. The maximum absolute atomic E-state index is 12.5. The molecule has 1 aromatic carbocycles. The fourth-order valence-electron chi connectivity index (χ4n) is 1.92. The third-order valence-electron chi connectivity index (χ3n) is 3.08. The molecule has 0 unspecified atom stereocenters. The van der Waals surface area contributed by atoms with E-state index >= 15 is 0 Å². The number of hydrogen-bond acceptors (Lipinski definition) is 3. The smallest absolute Gasteiger partial charge is 0.268 e. The number of hydrogen-bond donors (Lipinski definition) is 1. The van der Waals surface area contributed by atoms with Crippen LogP contribution in [0.15, 0.2) is 30.3 Å². The maximum atomic E-state index is 12.5. The highest BCUT2D eigenvalue weighted by molar-refractivity contribution is 7.14. The average molecular weight is 275 g/mol. The highest BCUT2D eigenvalue weighted by Crippen LogP contribution is 2.26. The number of benzene rings is 1. The van der Waals surface area contributed by atoms with Gasteiger partial charge in [0.05, 0.1) is 4.88 Å². The van der Waals surface area contributed by atoms with Crippen molar-refractivity contribution in [1.29, 1.82) is 0 Å². The van der Waals surface area contributed by atoms with E-state index in [4.69, 9.17) is 0 Å². The summed E-state index contributed by atoms with van der Waals surface area (Å²) >= 11 is 1.51. The number of phenols is 1. The van der Waals surface area contributed by atoms with Crippen molar-refractivity contribution in [2.24, 2.45) is 0 Å². The van der Waals surface area contributed by atoms with E-state index < -0.39 is 0 Å². The molecule has 1 amide bonds. The predicted molar refractivity (Wildman–Crippen MR) is 79.3 cm³/mol. The minimum absolute atomic E-state index is 0.0192. The first-order valence-electron chi connectivity index (χ1n) is 6.21. The summed E-state index contributed by atoms with van der Waals surface area (Å²) < 4.78 is 0. The molecule has 0 bridgehead atoms. The third-order valence-corrected chi connectivity index (χ3v) is 4.22. The van der Waals surface area contributed by atoms with Gasteiger partial charge >= 0.3 is 0 Å². The molecule has 0 atom stereocenters. The highest BCUT2D eigenvalue weighted by Gasteiger charge is 2.18. The number of phenolic OH excluding ortho intramolecular Hbond substituents is 1. The topological polar surface area (TPSA) is 40.5 Å². The van der Waals surface area contributed by atoms with Crippen LogP contribution in [0.5, 0.6) is 5.75 Å². The molecule has 100 valence electrons. The summed E-state index contributed by atoms with van der Waals surface area (Å²) in [5.41, 5.74) is 1.86. The predicted octanol–water partition coefficient (Wildman–Crippen LogP) is 3.74. The Bertz CT molecular complexity index is 584. The molecule has 0 fully saturated rings. The van der Waals surface area contributed by atoms with Crippen molar-refractivity contribution in [3.8, 4) is 5.75 Å². The van der Waals surface area contributed by atoms with Crippen molar-refractivity contribution in [3.63, 3.8) is 0 Å². The summed E-state index contributed by atoms with van der Waals surface area (Å²) in [4.78, 5) is 16.1. The second kappa shape index (κ2) is 5.45. The number of carbonyl (C=O) groups excluding carboxylic acids is 1. The summed E-state index contributed by atoms with van der Waals surface area (Å²) in [7, 11) is 0. The molecule has 1 N–H and O–H groups in total. The quantitative estimate of drug-likeness (QED) is 0.927. The van der Waals surface area contributed by atoms with Crippen LogP contribution in [0.4, 0.5) is 5.69 Å². The molecular weight excluding hydrogens is 258 g/mol. The number of rotatable bonds is 3. The number of amides is 1. The molecular formula is C15H17NO2S. The van der Waals surface area contributed by atoms with Gasteiger partial charge in [-0.3, -0.25) is 4.79 Å². The molecule has 1 aromatic heterocycles. The number of nitrogens with zero attached hydrogens (tertiary/aromatic N) is 1. The lowest BCUT2D eigenvalue weighted by atomic mass is 10.2. The van der Waals surface area contributed by atoms with Gasteiger partial charge < -0.3 is 10.0 Å². The Balaban J connectivity index is 2.34. The van der Waals surface area contributed by atoms with E-state index in [9.17, 15) is 9.90 Å². The average Bonchev–Trinajstić information content (AvgIpc) is 2.70. The first-order chi connectivity index (χ1) is 9.02. The molecule has 1 heterocycles. The van der Waals surface area contributed by atoms with Crippen molar-refractivity contribution >= 4 is 22.9 Å². The first-order valence-corrected chi connectivity index (χ1v) is 7.02. The molecule has 3 nitrogen and oxygen atoms in total. The van der Waals surface area contributed by atoms with Crippen LogP contribution in [-0.4, -0.2) is 17.6 Å². The molecule has 0 aliphatic rings. The third kappa shape index (κ3) is 2.79. The molecule has 2 rings (SSSR count). The van der Waals surface area contributed by atoms with Crippen molar-refractivity contribution in [3.05, 3.63) is 45.6 Å². The number of aromatic hydroxyl groups is 1. The minimum atomic E-state index is -0.0192. The van der Waals surface area contributed by atoms with Gasteiger partial charge in [-0.05, 0) is 44.5 Å². The Morgan fingerprint density at radius 2 is 2.05 bits per heavy atom. The Hall–Kier alpha value is -1.81. The fourth-order valence-corrected chi connectivity index (χ4v) is 2.90. The number of anilines is 1. The van der Waals surface area contributed by atoms with E-state index in [0.29, 0.717) is 6.54 Å². The number of carbonyl (C=O) groups is 1. The van der Waals surface area contributed by atoms with Gasteiger partial charge in [0.15, 0.2) is 0 Å². The number of aryl methyl sites for hydroxylation is 2. The van der Waals surface area contributed by atoms with Crippen LogP contribution in [-0.2, 0) is 0 Å². The first kappa shape index (κ1) is 13.6. The van der Waals surface area contributed by atoms with E-state index in [-0.39, 0.29) is 11.7 Å². The van der Waals surface area contributed by atoms with Crippen LogP contribution in [0.25, 0.3) is 0 Å². The Morgan fingerprint density at radius 3 is 2.58 bits per heavy atom. The Morgan fingerprint density at radius 1 is 1.32 bits per heavy atom. The zero-order valence-electron chi connectivity index (χ0n) is 11.3. The lowest BCUT2D eigenvalue weighted by molar-refractivity contribution is 0.0992. The molecule has 0 saturated carbocycles. The SMILES string of the molecule is CCN(C(=O)c1cc(C)c(C)s1)c1cccc(O)c1. The van der Waals surface area contributed by atoms with E-state index in [0.717, 1.165) is 21.0 Å². The Labute approximate surface area is 117 Å². The molecule has 19 heavy (non-hydrogen) atoms. The standard InChI is InChI=1S/C15H17NO2S/c1-4-16(12-6-5-7-13(17)9-12)15(18)14-8-10(2)11(3)19-14/h5-9,17H,4H2,1-3H3. The zero-order chi connectivity index (χ0) is 14.0.